The van der Waals surface area contributed by atoms with Gasteiger partial charge in [0.1, 0.15) is 11.6 Å². The Hall–Kier alpha value is -0.860. The Balaban J connectivity index is 2.34. The number of thioether (sulfide) groups is 1. The van der Waals surface area contributed by atoms with Crippen LogP contribution in [0.1, 0.15) is 6.42 Å². The summed E-state index contributed by atoms with van der Waals surface area (Å²) >= 11 is 1.59. The predicted octanol–water partition coefficient (Wildman–Crippen LogP) is 1.33. The second kappa shape index (κ2) is 5.02. The van der Waals surface area contributed by atoms with Crippen molar-refractivity contribution in [1.29, 1.82) is 0 Å². The number of rotatable bonds is 3. The molecule has 18 heavy (non-hydrogen) atoms. The summed E-state index contributed by atoms with van der Waals surface area (Å²) in [5.74, 6) is -0.909. The average Bonchev–Trinajstić information content (AvgIpc) is 2.66. The highest BCUT2D eigenvalue weighted by Gasteiger charge is 2.28. The van der Waals surface area contributed by atoms with E-state index in [1.807, 2.05) is 0 Å². The van der Waals surface area contributed by atoms with Crippen LogP contribution in [0.25, 0.3) is 0 Å². The van der Waals surface area contributed by atoms with Crippen LogP contribution in [0, 0.1) is 11.6 Å². The number of sulfonamides is 1. The minimum atomic E-state index is -4.19. The number of anilines is 1. The average molecular weight is 294 g/mol. The molecule has 1 aromatic carbocycles. The second-order valence-corrected chi connectivity index (χ2v) is 6.80. The fraction of sp³-hybridized carbons (Fsp3) is 0.400. The summed E-state index contributed by atoms with van der Waals surface area (Å²) in [6.07, 6.45) is 0.655. The summed E-state index contributed by atoms with van der Waals surface area (Å²) in [6, 6.07) is 1.30. The van der Waals surface area contributed by atoms with E-state index in [4.69, 9.17) is 5.73 Å². The standard InChI is InChI=1S/C10H12F2N2O2S2/c11-8-3-6(13)4-9(12)10(8)18(15,16)14-7-1-2-17-5-7/h3-4,7,14H,1-2,5,13H2. The maximum atomic E-state index is 13.5. The Bertz CT molecular complexity index is 534. The van der Waals surface area contributed by atoms with Crippen LogP contribution in [0.5, 0.6) is 0 Å². The quantitative estimate of drug-likeness (QED) is 0.825. The normalized spacial score (nSPS) is 20.2. The molecule has 0 radical (unpaired) electrons. The molecule has 8 heteroatoms. The first-order valence-electron chi connectivity index (χ1n) is 5.25. The van der Waals surface area contributed by atoms with Gasteiger partial charge in [0.15, 0.2) is 4.90 Å². The molecule has 0 saturated carbocycles. The second-order valence-electron chi connectivity index (χ2n) is 4.00. The van der Waals surface area contributed by atoms with E-state index in [0.29, 0.717) is 12.2 Å². The molecule has 0 aromatic heterocycles. The van der Waals surface area contributed by atoms with Gasteiger partial charge in [0, 0.05) is 17.5 Å². The lowest BCUT2D eigenvalue weighted by molar-refractivity contribution is 0.509. The molecule has 0 amide bonds. The van der Waals surface area contributed by atoms with Gasteiger partial charge in [-0.25, -0.2) is 21.9 Å². The third-order valence-electron chi connectivity index (χ3n) is 2.54. The number of benzene rings is 1. The summed E-state index contributed by atoms with van der Waals surface area (Å²) in [7, 11) is -4.19. The van der Waals surface area contributed by atoms with Crippen molar-refractivity contribution in [1.82, 2.24) is 4.72 Å². The summed E-state index contributed by atoms with van der Waals surface area (Å²) in [4.78, 5) is -0.964. The van der Waals surface area contributed by atoms with E-state index in [1.54, 1.807) is 11.8 Å². The Morgan fingerprint density at radius 1 is 1.33 bits per heavy atom. The number of hydrogen-bond acceptors (Lipinski definition) is 4. The molecule has 4 nitrogen and oxygen atoms in total. The van der Waals surface area contributed by atoms with Crippen molar-refractivity contribution in [3.8, 4) is 0 Å². The molecule has 100 valence electrons. The first-order chi connectivity index (χ1) is 8.40. The molecule has 1 heterocycles. The van der Waals surface area contributed by atoms with E-state index in [0.717, 1.165) is 17.9 Å². The van der Waals surface area contributed by atoms with Gasteiger partial charge < -0.3 is 5.73 Å². The SMILES string of the molecule is Nc1cc(F)c(S(=O)(=O)NC2CCSC2)c(F)c1. The summed E-state index contributed by atoms with van der Waals surface area (Å²) in [6.45, 7) is 0. The van der Waals surface area contributed by atoms with Crippen LogP contribution in [-0.4, -0.2) is 26.0 Å². The molecular weight excluding hydrogens is 282 g/mol. The van der Waals surface area contributed by atoms with E-state index in [1.165, 1.54) is 0 Å². The van der Waals surface area contributed by atoms with Gasteiger partial charge in [0.05, 0.1) is 0 Å². The third-order valence-corrected chi connectivity index (χ3v) is 5.27. The first kappa shape index (κ1) is 13.6. The molecule has 0 bridgehead atoms. The Kier molecular flexibility index (Phi) is 3.79. The summed E-state index contributed by atoms with van der Waals surface area (Å²) in [5.41, 5.74) is 5.08. The minimum absolute atomic E-state index is 0.152. The highest BCUT2D eigenvalue weighted by atomic mass is 32.2. The van der Waals surface area contributed by atoms with Crippen LogP contribution < -0.4 is 10.5 Å². The number of nitrogens with two attached hydrogens (primary N) is 1. The molecule has 0 aliphatic carbocycles. The lowest BCUT2D eigenvalue weighted by Crippen LogP contribution is -2.35. The minimum Gasteiger partial charge on any atom is -0.399 e. The van der Waals surface area contributed by atoms with Crippen molar-refractivity contribution in [2.75, 3.05) is 17.2 Å². The van der Waals surface area contributed by atoms with E-state index < -0.39 is 26.6 Å². The van der Waals surface area contributed by atoms with Crippen molar-refractivity contribution >= 4 is 27.5 Å². The predicted molar refractivity (Wildman–Crippen MR) is 66.8 cm³/mol. The van der Waals surface area contributed by atoms with E-state index in [-0.39, 0.29) is 11.7 Å². The topological polar surface area (TPSA) is 72.2 Å². The monoisotopic (exact) mass is 294 g/mol. The molecule has 1 fully saturated rings. The van der Waals surface area contributed by atoms with Gasteiger partial charge in [-0.1, -0.05) is 0 Å². The van der Waals surface area contributed by atoms with Crippen molar-refractivity contribution < 1.29 is 17.2 Å². The molecule has 3 N–H and O–H groups in total. The molecule has 2 rings (SSSR count). The van der Waals surface area contributed by atoms with Gasteiger partial charge >= 0.3 is 0 Å². The molecule has 0 spiro atoms. The molecule has 1 saturated heterocycles. The lowest BCUT2D eigenvalue weighted by Gasteiger charge is -2.13. The van der Waals surface area contributed by atoms with Crippen LogP contribution in [0.15, 0.2) is 17.0 Å². The Labute approximate surface area is 108 Å². The number of halogens is 2. The fourth-order valence-electron chi connectivity index (χ4n) is 1.74. The van der Waals surface area contributed by atoms with Gasteiger partial charge in [-0.05, 0) is 24.3 Å². The number of nitrogens with one attached hydrogen (secondary N) is 1. The highest BCUT2D eigenvalue weighted by Crippen LogP contribution is 2.24. The highest BCUT2D eigenvalue weighted by molar-refractivity contribution is 7.99. The fourth-order valence-corrected chi connectivity index (χ4v) is 4.39. The van der Waals surface area contributed by atoms with Crippen molar-refractivity contribution in [2.24, 2.45) is 0 Å². The van der Waals surface area contributed by atoms with Crippen LogP contribution in [0.4, 0.5) is 14.5 Å². The van der Waals surface area contributed by atoms with Gasteiger partial charge in [0.25, 0.3) is 0 Å². The summed E-state index contributed by atoms with van der Waals surface area (Å²) in [5, 5.41) is 0. The first-order valence-corrected chi connectivity index (χ1v) is 7.88. The van der Waals surface area contributed by atoms with Crippen LogP contribution in [0.2, 0.25) is 0 Å². The Morgan fingerprint density at radius 3 is 2.44 bits per heavy atom. The third kappa shape index (κ3) is 2.76. The molecule has 1 aromatic rings. The summed E-state index contributed by atoms with van der Waals surface area (Å²) < 4.78 is 53.2. The van der Waals surface area contributed by atoms with Gasteiger partial charge in [-0.15, -0.1) is 0 Å². The zero-order chi connectivity index (χ0) is 13.3. The molecule has 1 atom stereocenters. The van der Waals surface area contributed by atoms with Gasteiger partial charge in [-0.2, -0.15) is 11.8 Å². The van der Waals surface area contributed by atoms with Crippen molar-refractivity contribution in [2.45, 2.75) is 17.4 Å². The largest absolute Gasteiger partial charge is 0.399 e. The Morgan fingerprint density at radius 2 is 1.94 bits per heavy atom. The zero-order valence-corrected chi connectivity index (χ0v) is 11.0. The van der Waals surface area contributed by atoms with Crippen LogP contribution >= 0.6 is 11.8 Å². The van der Waals surface area contributed by atoms with Crippen molar-refractivity contribution in [3.63, 3.8) is 0 Å². The lowest BCUT2D eigenvalue weighted by atomic mass is 10.3. The van der Waals surface area contributed by atoms with Crippen LogP contribution in [-0.2, 0) is 10.0 Å². The zero-order valence-electron chi connectivity index (χ0n) is 9.32. The van der Waals surface area contributed by atoms with Gasteiger partial charge in [0.2, 0.25) is 10.0 Å². The smallest absolute Gasteiger partial charge is 0.246 e. The molecule has 1 aliphatic heterocycles. The van der Waals surface area contributed by atoms with E-state index in [2.05, 4.69) is 4.72 Å². The number of hydrogen-bond donors (Lipinski definition) is 2. The maximum Gasteiger partial charge on any atom is 0.246 e. The van der Waals surface area contributed by atoms with Crippen molar-refractivity contribution in [3.05, 3.63) is 23.8 Å². The van der Waals surface area contributed by atoms with E-state index in [9.17, 15) is 17.2 Å². The molecular formula is C10H12F2N2O2S2. The molecule has 1 aliphatic rings. The van der Waals surface area contributed by atoms with Crippen LogP contribution in [0.3, 0.4) is 0 Å². The van der Waals surface area contributed by atoms with E-state index >= 15 is 0 Å². The maximum absolute atomic E-state index is 13.5. The number of nitrogen functional groups attached to an aromatic ring is 1. The van der Waals surface area contributed by atoms with Gasteiger partial charge in [-0.3, -0.25) is 0 Å². The molecule has 1 unspecified atom stereocenters.